The first-order valence-electron chi connectivity index (χ1n) is 13.0. The number of amides is 1. The predicted octanol–water partition coefficient (Wildman–Crippen LogP) is 4.28. The molecule has 9 heteroatoms. The summed E-state index contributed by atoms with van der Waals surface area (Å²) in [5.74, 6) is -1.88. The first-order valence-corrected chi connectivity index (χ1v) is 15.3. The van der Waals surface area contributed by atoms with Gasteiger partial charge >= 0.3 is 12.1 Å². The summed E-state index contributed by atoms with van der Waals surface area (Å²) in [6, 6.07) is 28.9. The number of thiol groups is 1. The van der Waals surface area contributed by atoms with Gasteiger partial charge in [-0.2, -0.15) is 12.6 Å². The highest BCUT2D eigenvalue weighted by atomic mass is 32.1. The number of rotatable bonds is 11. The Bertz CT molecular complexity index is 1360. The summed E-state index contributed by atoms with van der Waals surface area (Å²) >= 11 is 4.79. The molecule has 1 fully saturated rings. The second kappa shape index (κ2) is 13.6. The van der Waals surface area contributed by atoms with Crippen molar-refractivity contribution in [2.24, 2.45) is 5.92 Å². The smallest absolute Gasteiger partial charge is 0.457 e. The van der Waals surface area contributed by atoms with Crippen LogP contribution in [0.25, 0.3) is 0 Å². The zero-order valence-corrected chi connectivity index (χ0v) is 24.5. The van der Waals surface area contributed by atoms with E-state index in [1.165, 1.54) is 17.1 Å². The van der Waals surface area contributed by atoms with E-state index in [0.717, 1.165) is 15.9 Å². The lowest BCUT2D eigenvalue weighted by molar-refractivity contribution is -0.152. The van der Waals surface area contributed by atoms with Gasteiger partial charge in [-0.1, -0.05) is 116 Å². The van der Waals surface area contributed by atoms with Crippen LogP contribution in [0.1, 0.15) is 6.92 Å². The molecule has 0 aliphatic carbocycles. The highest BCUT2D eigenvalue weighted by Gasteiger charge is 2.55. The number of ether oxygens (including phenoxy) is 3. The Hall–Kier alpha value is -4.00. The van der Waals surface area contributed by atoms with Crippen molar-refractivity contribution in [2.75, 3.05) is 13.2 Å². The molecule has 0 bridgehead atoms. The lowest BCUT2D eigenvalue weighted by atomic mass is 9.92. The molecule has 7 nitrogen and oxygen atoms in total. The van der Waals surface area contributed by atoms with Crippen LogP contribution in [0.2, 0.25) is 0 Å². The van der Waals surface area contributed by atoms with Crippen molar-refractivity contribution in [1.82, 2.24) is 4.90 Å². The molecule has 212 valence electrons. The maximum atomic E-state index is 14.1. The molecule has 1 heterocycles. The van der Waals surface area contributed by atoms with E-state index in [4.69, 9.17) is 26.8 Å². The summed E-state index contributed by atoms with van der Waals surface area (Å²) < 4.78 is 16.0. The molecule has 1 unspecified atom stereocenters. The SMILES string of the molecule is C=CCOC(=O)OC(C)[C@H]1C(=O)N(C(C(=O)OCC=C)=P(c2ccccc2)(c2ccccc2)c2ccccc2)[C@@H]1S. The molecule has 1 saturated heterocycles. The van der Waals surface area contributed by atoms with Crippen LogP contribution in [0.4, 0.5) is 4.79 Å². The molecule has 1 aliphatic rings. The Morgan fingerprint density at radius 1 is 0.854 bits per heavy atom. The largest absolute Gasteiger partial charge is 0.508 e. The van der Waals surface area contributed by atoms with Crippen LogP contribution in [0.5, 0.6) is 0 Å². The fourth-order valence-electron chi connectivity index (χ4n) is 4.92. The molecule has 1 aliphatic heterocycles. The van der Waals surface area contributed by atoms with Crippen LogP contribution >= 0.6 is 19.5 Å². The molecular weight excluding hydrogens is 557 g/mol. The van der Waals surface area contributed by atoms with Gasteiger partial charge in [0.2, 0.25) is 5.91 Å². The molecule has 1 amide bonds. The van der Waals surface area contributed by atoms with E-state index >= 15 is 0 Å². The molecule has 0 N–H and O–H groups in total. The fourth-order valence-corrected chi connectivity index (χ4v) is 9.98. The van der Waals surface area contributed by atoms with Gasteiger partial charge in [0.1, 0.15) is 30.7 Å². The van der Waals surface area contributed by atoms with Crippen molar-refractivity contribution in [3.05, 3.63) is 116 Å². The lowest BCUT2D eigenvalue weighted by Crippen LogP contribution is -2.66. The first kappa shape index (κ1) is 30.0. The predicted molar refractivity (Wildman–Crippen MR) is 167 cm³/mol. The van der Waals surface area contributed by atoms with Gasteiger partial charge in [0.25, 0.3) is 0 Å². The van der Waals surface area contributed by atoms with Gasteiger partial charge in [0.05, 0.1) is 5.37 Å². The van der Waals surface area contributed by atoms with Crippen LogP contribution in [0.15, 0.2) is 116 Å². The van der Waals surface area contributed by atoms with Crippen LogP contribution in [-0.4, -0.2) is 53.0 Å². The Morgan fingerprint density at radius 3 is 1.71 bits per heavy atom. The number of β-lactam (4-membered cyclic amide) rings is 1. The van der Waals surface area contributed by atoms with Crippen molar-refractivity contribution in [2.45, 2.75) is 18.4 Å². The average molecular weight is 590 g/mol. The standard InChI is InChI=1S/C32H32NO6PS/c1-4-21-37-31(35)29(33-28(34)27(30(33)41)23(3)39-32(36)38-22-5-2)40(24-15-9-6-10-16-24,25-17-11-7-12-18-25)26-19-13-8-14-20-26/h4-20,23,27,30,41H,1-2,21-22H2,3H3/t23?,27-,30+/m0/s1. The van der Waals surface area contributed by atoms with E-state index in [1.54, 1.807) is 6.92 Å². The molecule has 0 radical (unpaired) electrons. The number of hydrogen-bond donors (Lipinski definition) is 1. The van der Waals surface area contributed by atoms with Gasteiger partial charge in [-0.05, 0) is 22.8 Å². The molecule has 0 aromatic heterocycles. The zero-order valence-electron chi connectivity index (χ0n) is 22.7. The van der Waals surface area contributed by atoms with Gasteiger partial charge in [0.15, 0.2) is 0 Å². The maximum absolute atomic E-state index is 14.1. The first-order chi connectivity index (χ1) is 19.9. The second-order valence-electron chi connectivity index (χ2n) is 9.21. The fraction of sp³-hybridized carbons (Fsp3) is 0.188. The molecule has 4 rings (SSSR count). The monoisotopic (exact) mass is 589 g/mol. The topological polar surface area (TPSA) is 82.1 Å². The van der Waals surface area contributed by atoms with Crippen LogP contribution in [0.3, 0.4) is 0 Å². The minimum Gasteiger partial charge on any atom is -0.457 e. The third-order valence-corrected chi connectivity index (χ3v) is 11.5. The number of carbonyl (C=O) groups excluding carboxylic acids is 3. The Kier molecular flexibility index (Phi) is 9.92. The van der Waals surface area contributed by atoms with Crippen molar-refractivity contribution in [3.8, 4) is 0 Å². The second-order valence-corrected chi connectivity index (χ2v) is 13.1. The van der Waals surface area contributed by atoms with E-state index in [9.17, 15) is 14.4 Å². The van der Waals surface area contributed by atoms with E-state index < -0.39 is 42.3 Å². The zero-order chi connectivity index (χ0) is 29.4. The van der Waals surface area contributed by atoms with E-state index in [1.807, 2.05) is 91.0 Å². The van der Waals surface area contributed by atoms with Crippen molar-refractivity contribution in [1.29, 1.82) is 0 Å². The molecule has 0 saturated carbocycles. The average Bonchev–Trinajstić information content (AvgIpc) is 3.00. The van der Waals surface area contributed by atoms with Crippen molar-refractivity contribution in [3.63, 3.8) is 0 Å². The van der Waals surface area contributed by atoms with Gasteiger partial charge in [0, 0.05) is 6.89 Å². The number of nitrogens with zero attached hydrogens (tertiary/aromatic N) is 1. The number of carbonyl (C=O) groups is 3. The molecule has 3 atom stereocenters. The van der Waals surface area contributed by atoms with Gasteiger partial charge < -0.3 is 14.2 Å². The summed E-state index contributed by atoms with van der Waals surface area (Å²) in [5, 5.41) is 1.79. The molecule has 0 spiro atoms. The normalized spacial score (nSPS) is 17.0. The third kappa shape index (κ3) is 5.90. The minimum absolute atomic E-state index is 0.0219. The Morgan fingerprint density at radius 2 is 1.29 bits per heavy atom. The third-order valence-electron chi connectivity index (χ3n) is 6.71. The summed E-state index contributed by atoms with van der Waals surface area (Å²) in [6.07, 6.45) is 1.12. The molecular formula is C32H32NO6PS. The highest BCUT2D eigenvalue weighted by molar-refractivity contribution is 7.96. The molecule has 3 aromatic carbocycles. The quantitative estimate of drug-likeness (QED) is 0.118. The summed E-state index contributed by atoms with van der Waals surface area (Å²) in [6.45, 7) is 5.69. The number of esters is 1. The van der Waals surface area contributed by atoms with Gasteiger partial charge in [-0.15, -0.1) is 0 Å². The van der Waals surface area contributed by atoms with Crippen molar-refractivity contribution >= 4 is 58.9 Å². The molecule has 3 aromatic rings. The van der Waals surface area contributed by atoms with E-state index in [0.29, 0.717) is 0 Å². The summed E-state index contributed by atoms with van der Waals surface area (Å²) in [5.41, 5.74) is 0.186. The number of hydrogen-bond acceptors (Lipinski definition) is 7. The Labute approximate surface area is 245 Å². The lowest BCUT2D eigenvalue weighted by Gasteiger charge is -2.49. The highest BCUT2D eigenvalue weighted by Crippen LogP contribution is 2.50. The van der Waals surface area contributed by atoms with E-state index in [-0.39, 0.29) is 18.6 Å². The van der Waals surface area contributed by atoms with Crippen LogP contribution in [-0.2, 0) is 23.8 Å². The van der Waals surface area contributed by atoms with E-state index in [2.05, 4.69) is 13.2 Å². The maximum Gasteiger partial charge on any atom is 0.508 e. The Balaban J connectivity index is 1.99. The van der Waals surface area contributed by atoms with Gasteiger partial charge in [-0.3, -0.25) is 9.69 Å². The minimum atomic E-state index is -3.03. The molecule has 41 heavy (non-hydrogen) atoms. The summed E-state index contributed by atoms with van der Waals surface area (Å²) in [7, 11) is 0. The number of likely N-dealkylation sites (tertiary alicyclic amines) is 1. The number of benzene rings is 3. The van der Waals surface area contributed by atoms with Gasteiger partial charge in [-0.25, -0.2) is 9.59 Å². The summed E-state index contributed by atoms with van der Waals surface area (Å²) in [4.78, 5) is 41.6. The van der Waals surface area contributed by atoms with Crippen LogP contribution in [0, 0.1) is 5.92 Å². The van der Waals surface area contributed by atoms with Crippen molar-refractivity contribution < 1.29 is 28.6 Å². The van der Waals surface area contributed by atoms with Crippen LogP contribution < -0.4 is 15.9 Å².